The Bertz CT molecular complexity index is 445. The Morgan fingerprint density at radius 1 is 1.50 bits per heavy atom. The van der Waals surface area contributed by atoms with Gasteiger partial charge < -0.3 is 10.1 Å². The van der Waals surface area contributed by atoms with E-state index in [4.69, 9.17) is 27.9 Å². The van der Waals surface area contributed by atoms with Crippen LogP contribution in [-0.4, -0.2) is 24.7 Å². The Morgan fingerprint density at radius 2 is 2.28 bits per heavy atom. The lowest BCUT2D eigenvalue weighted by atomic mass is 10.1. The van der Waals surface area contributed by atoms with Crippen molar-refractivity contribution in [3.8, 4) is 0 Å². The van der Waals surface area contributed by atoms with E-state index in [0.29, 0.717) is 15.6 Å². The summed E-state index contributed by atoms with van der Waals surface area (Å²) in [4.78, 5) is 12.0. The highest BCUT2D eigenvalue weighted by atomic mass is 35.5. The first-order chi connectivity index (χ1) is 8.58. The van der Waals surface area contributed by atoms with Crippen LogP contribution in [0.2, 0.25) is 10.0 Å². The zero-order valence-corrected chi connectivity index (χ0v) is 11.6. The van der Waals surface area contributed by atoms with Gasteiger partial charge in [0.25, 0.3) is 5.91 Å². The molecule has 18 heavy (non-hydrogen) atoms. The average molecular weight is 288 g/mol. The van der Waals surface area contributed by atoms with Crippen molar-refractivity contribution in [1.82, 2.24) is 5.32 Å². The fourth-order valence-corrected chi connectivity index (χ4v) is 2.54. The fraction of sp³-hybridized carbons (Fsp3) is 0.462. The number of carbonyl (C=O) groups is 1. The molecule has 0 radical (unpaired) electrons. The highest BCUT2D eigenvalue weighted by Crippen LogP contribution is 2.21. The molecular formula is C13H15Cl2NO2. The number of hydrogen-bond acceptors (Lipinski definition) is 2. The van der Waals surface area contributed by atoms with Gasteiger partial charge in [0.05, 0.1) is 22.7 Å². The maximum Gasteiger partial charge on any atom is 0.253 e. The van der Waals surface area contributed by atoms with Crippen LogP contribution in [0.5, 0.6) is 0 Å². The van der Waals surface area contributed by atoms with Crippen molar-refractivity contribution in [2.75, 3.05) is 6.61 Å². The molecule has 1 aliphatic rings. The predicted octanol–water partition coefficient (Wildman–Crippen LogP) is 3.29. The van der Waals surface area contributed by atoms with Crippen LogP contribution in [0.3, 0.4) is 0 Å². The van der Waals surface area contributed by atoms with E-state index < -0.39 is 0 Å². The van der Waals surface area contributed by atoms with Gasteiger partial charge in [-0.1, -0.05) is 23.2 Å². The number of halogens is 2. The van der Waals surface area contributed by atoms with Gasteiger partial charge in [0.1, 0.15) is 0 Å². The maximum atomic E-state index is 12.0. The van der Waals surface area contributed by atoms with E-state index in [-0.39, 0.29) is 18.1 Å². The Balaban J connectivity index is 2.02. The smallest absolute Gasteiger partial charge is 0.253 e. The van der Waals surface area contributed by atoms with Crippen LogP contribution >= 0.6 is 23.2 Å². The third-order valence-corrected chi connectivity index (χ3v) is 3.60. The molecule has 0 aromatic heterocycles. The highest BCUT2D eigenvalue weighted by Gasteiger charge is 2.24. The first kappa shape index (κ1) is 13.7. The average Bonchev–Trinajstić information content (AvgIpc) is 2.81. The quantitative estimate of drug-likeness (QED) is 0.926. The van der Waals surface area contributed by atoms with Crippen molar-refractivity contribution >= 4 is 29.1 Å². The van der Waals surface area contributed by atoms with Crippen LogP contribution < -0.4 is 5.32 Å². The largest absolute Gasteiger partial charge is 0.376 e. The second kappa shape index (κ2) is 5.91. The number of carbonyl (C=O) groups excluding carboxylic acids is 1. The number of amides is 1. The second-order valence-electron chi connectivity index (χ2n) is 4.44. The van der Waals surface area contributed by atoms with Crippen molar-refractivity contribution in [3.63, 3.8) is 0 Å². The van der Waals surface area contributed by atoms with Crippen LogP contribution in [0.1, 0.15) is 30.1 Å². The number of nitrogens with one attached hydrogen (secondary N) is 1. The van der Waals surface area contributed by atoms with Crippen molar-refractivity contribution in [2.45, 2.75) is 31.9 Å². The number of ether oxygens (including phenoxy) is 1. The van der Waals surface area contributed by atoms with Gasteiger partial charge in [0.2, 0.25) is 0 Å². The lowest BCUT2D eigenvalue weighted by Gasteiger charge is -2.20. The zero-order chi connectivity index (χ0) is 13.1. The summed E-state index contributed by atoms with van der Waals surface area (Å²) in [6, 6.07) is 4.82. The molecule has 1 N–H and O–H groups in total. The molecule has 0 aliphatic carbocycles. The predicted molar refractivity (Wildman–Crippen MR) is 72.4 cm³/mol. The molecule has 1 amide bonds. The van der Waals surface area contributed by atoms with Crippen LogP contribution in [-0.2, 0) is 4.74 Å². The van der Waals surface area contributed by atoms with Crippen LogP contribution in [0, 0.1) is 0 Å². The molecule has 1 aromatic carbocycles. The first-order valence-corrected chi connectivity index (χ1v) is 6.71. The molecule has 2 unspecified atom stereocenters. The zero-order valence-electron chi connectivity index (χ0n) is 10.1. The van der Waals surface area contributed by atoms with Crippen molar-refractivity contribution < 1.29 is 9.53 Å². The lowest BCUT2D eigenvalue weighted by Crippen LogP contribution is -2.40. The van der Waals surface area contributed by atoms with Gasteiger partial charge >= 0.3 is 0 Å². The molecular weight excluding hydrogens is 273 g/mol. The fourth-order valence-electron chi connectivity index (χ4n) is 2.05. The SMILES string of the molecule is CC(NC(=O)c1ccc(Cl)cc1Cl)C1CCCO1. The topological polar surface area (TPSA) is 38.3 Å². The van der Waals surface area contributed by atoms with Crippen LogP contribution in [0.4, 0.5) is 0 Å². The molecule has 5 heteroatoms. The Kier molecular flexibility index (Phi) is 4.49. The van der Waals surface area contributed by atoms with Gasteiger partial charge in [-0.05, 0) is 38.0 Å². The van der Waals surface area contributed by atoms with E-state index in [9.17, 15) is 4.79 Å². The van der Waals surface area contributed by atoms with Crippen LogP contribution in [0.15, 0.2) is 18.2 Å². The van der Waals surface area contributed by atoms with Gasteiger partial charge in [-0.25, -0.2) is 0 Å². The molecule has 0 saturated carbocycles. The summed E-state index contributed by atoms with van der Waals surface area (Å²) in [5, 5.41) is 3.78. The molecule has 1 aliphatic heterocycles. The standard InChI is InChI=1S/C13H15Cl2NO2/c1-8(12-3-2-6-18-12)16-13(17)10-5-4-9(14)7-11(10)15/h4-5,7-8,12H,2-3,6H2,1H3,(H,16,17). The Hall–Kier alpha value is -0.770. The first-order valence-electron chi connectivity index (χ1n) is 5.95. The molecule has 3 nitrogen and oxygen atoms in total. The Morgan fingerprint density at radius 3 is 2.89 bits per heavy atom. The van der Waals surface area contributed by atoms with E-state index in [1.54, 1.807) is 18.2 Å². The molecule has 0 spiro atoms. The van der Waals surface area contributed by atoms with Gasteiger partial charge in [-0.15, -0.1) is 0 Å². The van der Waals surface area contributed by atoms with E-state index in [1.165, 1.54) is 0 Å². The van der Waals surface area contributed by atoms with Crippen molar-refractivity contribution in [3.05, 3.63) is 33.8 Å². The summed E-state index contributed by atoms with van der Waals surface area (Å²) in [5.41, 5.74) is 0.436. The van der Waals surface area contributed by atoms with Gasteiger partial charge in [-0.3, -0.25) is 4.79 Å². The summed E-state index contributed by atoms with van der Waals surface area (Å²) >= 11 is 11.8. The van der Waals surface area contributed by atoms with E-state index in [0.717, 1.165) is 19.4 Å². The summed E-state index contributed by atoms with van der Waals surface area (Å²) in [5.74, 6) is -0.195. The number of benzene rings is 1. The second-order valence-corrected chi connectivity index (χ2v) is 5.28. The number of rotatable bonds is 3. The van der Waals surface area contributed by atoms with Crippen molar-refractivity contribution in [1.29, 1.82) is 0 Å². The summed E-state index contributed by atoms with van der Waals surface area (Å²) in [6.45, 7) is 2.71. The number of hydrogen-bond donors (Lipinski definition) is 1. The van der Waals surface area contributed by atoms with E-state index in [1.807, 2.05) is 6.92 Å². The third kappa shape index (κ3) is 3.16. The molecule has 0 bridgehead atoms. The normalized spacial score (nSPS) is 20.7. The van der Waals surface area contributed by atoms with Gasteiger partial charge in [-0.2, -0.15) is 0 Å². The van der Waals surface area contributed by atoms with E-state index >= 15 is 0 Å². The minimum Gasteiger partial charge on any atom is -0.376 e. The molecule has 1 fully saturated rings. The minimum atomic E-state index is -0.195. The summed E-state index contributed by atoms with van der Waals surface area (Å²) < 4.78 is 5.53. The molecule has 1 saturated heterocycles. The van der Waals surface area contributed by atoms with Crippen molar-refractivity contribution in [2.24, 2.45) is 0 Å². The summed E-state index contributed by atoms with van der Waals surface area (Å²) in [7, 11) is 0. The minimum absolute atomic E-state index is 0.0215. The molecule has 98 valence electrons. The third-order valence-electron chi connectivity index (χ3n) is 3.06. The molecule has 2 rings (SSSR count). The van der Waals surface area contributed by atoms with E-state index in [2.05, 4.69) is 5.32 Å². The summed E-state index contributed by atoms with van der Waals surface area (Å²) in [6.07, 6.45) is 2.13. The molecule has 1 heterocycles. The highest BCUT2D eigenvalue weighted by molar-refractivity contribution is 6.36. The molecule has 1 aromatic rings. The van der Waals surface area contributed by atoms with Gasteiger partial charge in [0, 0.05) is 11.6 Å². The Labute approximate surface area is 116 Å². The van der Waals surface area contributed by atoms with Crippen LogP contribution in [0.25, 0.3) is 0 Å². The monoisotopic (exact) mass is 287 g/mol. The van der Waals surface area contributed by atoms with Gasteiger partial charge in [0.15, 0.2) is 0 Å². The lowest BCUT2D eigenvalue weighted by molar-refractivity contribution is 0.0712. The maximum absolute atomic E-state index is 12.0. The molecule has 2 atom stereocenters.